The van der Waals surface area contributed by atoms with Gasteiger partial charge in [0.05, 0.1) is 48.5 Å². The molecule has 0 radical (unpaired) electrons. The second-order valence-corrected chi connectivity index (χ2v) is 8.06. The molecule has 0 atom stereocenters. The van der Waals surface area contributed by atoms with Crippen LogP contribution in [0.4, 0.5) is 0 Å². The number of ether oxygens (including phenoxy) is 5. The highest BCUT2D eigenvalue weighted by atomic mass is 79.9. The maximum absolute atomic E-state index is 13.0. The van der Waals surface area contributed by atoms with E-state index in [1.165, 1.54) is 7.11 Å². The number of methoxy groups -OCH3 is 1. The second kappa shape index (κ2) is 12.5. The molecule has 0 aliphatic carbocycles. The van der Waals surface area contributed by atoms with Crippen molar-refractivity contribution in [3.05, 3.63) is 44.7 Å². The molecule has 186 valence electrons. The van der Waals surface area contributed by atoms with Gasteiger partial charge in [0.15, 0.2) is 18.1 Å². The lowest BCUT2D eigenvalue weighted by Gasteiger charge is -2.31. The summed E-state index contributed by atoms with van der Waals surface area (Å²) in [6, 6.07) is 3.36. The first-order valence-electron chi connectivity index (χ1n) is 10.9. The number of nitrogens with one attached hydrogen (secondary N) is 1. The molecule has 0 saturated heterocycles. The number of dihydropyridines is 1. The Hall–Kier alpha value is -3.01. The summed E-state index contributed by atoms with van der Waals surface area (Å²) in [5.41, 5.74) is 2.26. The van der Waals surface area contributed by atoms with Crippen molar-refractivity contribution in [2.75, 3.05) is 33.5 Å². The molecule has 10 heteroatoms. The van der Waals surface area contributed by atoms with Crippen LogP contribution in [0.5, 0.6) is 11.5 Å². The lowest BCUT2D eigenvalue weighted by atomic mass is 9.80. The number of carbonyl (C=O) groups excluding carboxylic acids is 3. The van der Waals surface area contributed by atoms with Crippen LogP contribution in [0.2, 0.25) is 0 Å². The van der Waals surface area contributed by atoms with Crippen molar-refractivity contribution in [1.29, 1.82) is 0 Å². The van der Waals surface area contributed by atoms with Crippen LogP contribution in [0, 0.1) is 0 Å². The van der Waals surface area contributed by atoms with Crippen LogP contribution in [-0.4, -0.2) is 51.4 Å². The van der Waals surface area contributed by atoms with Crippen molar-refractivity contribution in [1.82, 2.24) is 5.32 Å². The Morgan fingerprint density at radius 2 is 1.44 bits per heavy atom. The Morgan fingerprint density at radius 3 is 1.91 bits per heavy atom. The molecule has 0 bridgehead atoms. The Kier molecular flexibility index (Phi) is 9.97. The molecule has 1 N–H and O–H groups in total. The number of halogens is 1. The van der Waals surface area contributed by atoms with Crippen molar-refractivity contribution in [3.63, 3.8) is 0 Å². The Labute approximate surface area is 207 Å². The summed E-state index contributed by atoms with van der Waals surface area (Å²) >= 11 is 3.46. The topological polar surface area (TPSA) is 109 Å². The van der Waals surface area contributed by atoms with Gasteiger partial charge < -0.3 is 29.0 Å². The highest BCUT2D eigenvalue weighted by Gasteiger charge is 2.38. The molecule has 1 aliphatic rings. The molecule has 1 aliphatic heterocycles. The van der Waals surface area contributed by atoms with Crippen molar-refractivity contribution < 1.29 is 38.1 Å². The van der Waals surface area contributed by atoms with E-state index in [1.54, 1.807) is 46.8 Å². The van der Waals surface area contributed by atoms with E-state index < -0.39 is 23.8 Å². The molecule has 0 spiro atoms. The smallest absolute Gasteiger partial charge is 0.344 e. The van der Waals surface area contributed by atoms with Gasteiger partial charge in [-0.25, -0.2) is 14.4 Å². The first-order valence-corrected chi connectivity index (χ1v) is 11.7. The van der Waals surface area contributed by atoms with Crippen LogP contribution in [0.1, 0.15) is 46.1 Å². The van der Waals surface area contributed by atoms with E-state index in [-0.39, 0.29) is 43.3 Å². The zero-order valence-corrected chi connectivity index (χ0v) is 21.8. The maximum atomic E-state index is 13.0. The van der Waals surface area contributed by atoms with Crippen LogP contribution in [-0.2, 0) is 28.6 Å². The van der Waals surface area contributed by atoms with Crippen molar-refractivity contribution in [2.45, 2.75) is 40.5 Å². The summed E-state index contributed by atoms with van der Waals surface area (Å²) in [7, 11) is 1.45. The van der Waals surface area contributed by atoms with Crippen LogP contribution < -0.4 is 14.8 Å². The van der Waals surface area contributed by atoms with Gasteiger partial charge in [-0.1, -0.05) is 0 Å². The Balaban J connectivity index is 2.64. The van der Waals surface area contributed by atoms with Crippen molar-refractivity contribution >= 4 is 33.8 Å². The van der Waals surface area contributed by atoms with Gasteiger partial charge in [0.1, 0.15) is 0 Å². The average molecular weight is 540 g/mol. The molecule has 0 amide bonds. The number of hydrogen-bond donors (Lipinski definition) is 1. The van der Waals surface area contributed by atoms with Gasteiger partial charge in [0.2, 0.25) is 0 Å². The molecule has 1 aromatic carbocycles. The number of rotatable bonds is 10. The first kappa shape index (κ1) is 27.2. The van der Waals surface area contributed by atoms with Gasteiger partial charge >= 0.3 is 17.9 Å². The van der Waals surface area contributed by atoms with Gasteiger partial charge in [0.25, 0.3) is 0 Å². The minimum Gasteiger partial charge on any atom is -0.493 e. The highest BCUT2D eigenvalue weighted by molar-refractivity contribution is 9.10. The van der Waals surface area contributed by atoms with Gasteiger partial charge in [-0.05, 0) is 68.2 Å². The third kappa shape index (κ3) is 6.11. The molecule has 34 heavy (non-hydrogen) atoms. The lowest BCUT2D eigenvalue weighted by molar-refractivity contribution is -0.145. The Bertz CT molecular complexity index is 974. The molecular formula is C24H30BrNO8. The largest absolute Gasteiger partial charge is 0.493 e. The van der Waals surface area contributed by atoms with Crippen LogP contribution in [0.25, 0.3) is 0 Å². The maximum Gasteiger partial charge on any atom is 0.344 e. The summed E-state index contributed by atoms with van der Waals surface area (Å²) in [6.45, 7) is 8.89. The minimum atomic E-state index is -0.788. The molecule has 0 aromatic heterocycles. The van der Waals surface area contributed by atoms with Gasteiger partial charge in [-0.3, -0.25) is 0 Å². The number of carbonyl (C=O) groups is 3. The fraction of sp³-hybridized carbons (Fsp3) is 0.458. The fourth-order valence-electron chi connectivity index (χ4n) is 3.67. The van der Waals surface area contributed by atoms with E-state index in [1.807, 2.05) is 0 Å². The minimum absolute atomic E-state index is 0.174. The summed E-state index contributed by atoms with van der Waals surface area (Å²) < 4.78 is 27.1. The fourth-order valence-corrected chi connectivity index (χ4v) is 4.24. The highest BCUT2D eigenvalue weighted by Crippen LogP contribution is 2.45. The Morgan fingerprint density at radius 1 is 0.912 bits per heavy atom. The normalized spacial score (nSPS) is 13.9. The molecule has 1 heterocycles. The van der Waals surface area contributed by atoms with Crippen molar-refractivity contribution in [2.24, 2.45) is 0 Å². The lowest BCUT2D eigenvalue weighted by Crippen LogP contribution is -2.32. The van der Waals surface area contributed by atoms with E-state index in [2.05, 4.69) is 21.2 Å². The summed E-state index contributed by atoms with van der Waals surface area (Å²) in [5, 5.41) is 3.10. The number of benzene rings is 1. The summed E-state index contributed by atoms with van der Waals surface area (Å²) in [4.78, 5) is 37.7. The zero-order chi connectivity index (χ0) is 25.4. The molecule has 0 saturated carbocycles. The number of esters is 3. The molecule has 1 aromatic rings. The van der Waals surface area contributed by atoms with Gasteiger partial charge in [0, 0.05) is 11.4 Å². The van der Waals surface area contributed by atoms with Crippen LogP contribution in [0.15, 0.2) is 39.1 Å². The van der Waals surface area contributed by atoms with E-state index in [4.69, 9.17) is 23.7 Å². The third-order valence-electron chi connectivity index (χ3n) is 4.98. The van der Waals surface area contributed by atoms with E-state index in [9.17, 15) is 14.4 Å². The quantitative estimate of drug-likeness (QED) is 0.351. The van der Waals surface area contributed by atoms with Crippen LogP contribution >= 0.6 is 15.9 Å². The molecule has 0 unspecified atom stereocenters. The first-order chi connectivity index (χ1) is 16.2. The van der Waals surface area contributed by atoms with E-state index in [0.29, 0.717) is 27.2 Å². The van der Waals surface area contributed by atoms with Crippen molar-refractivity contribution in [3.8, 4) is 11.5 Å². The third-order valence-corrected chi connectivity index (χ3v) is 5.56. The molecule has 9 nitrogen and oxygen atoms in total. The summed E-state index contributed by atoms with van der Waals surface area (Å²) in [5.74, 6) is -1.83. The average Bonchev–Trinajstić information content (AvgIpc) is 2.77. The van der Waals surface area contributed by atoms with E-state index >= 15 is 0 Å². The second-order valence-electron chi connectivity index (χ2n) is 7.20. The number of hydrogen-bond acceptors (Lipinski definition) is 9. The molecular weight excluding hydrogens is 510 g/mol. The summed E-state index contributed by atoms with van der Waals surface area (Å²) in [6.07, 6.45) is 0. The predicted octanol–water partition coefficient (Wildman–Crippen LogP) is 3.76. The van der Waals surface area contributed by atoms with Gasteiger partial charge in [-0.2, -0.15) is 0 Å². The van der Waals surface area contributed by atoms with Gasteiger partial charge in [-0.15, -0.1) is 0 Å². The molecule has 0 fully saturated rings. The predicted molar refractivity (Wildman–Crippen MR) is 127 cm³/mol. The molecule has 2 rings (SSSR count). The van der Waals surface area contributed by atoms with E-state index in [0.717, 1.165) is 0 Å². The van der Waals surface area contributed by atoms with Crippen LogP contribution in [0.3, 0.4) is 0 Å². The standard InChI is InChI=1S/C24H30BrNO8/c1-7-31-18(27)12-34-22-16(25)10-15(11-17(22)30-6)21-19(23(28)32-8-2)13(4)26-14(5)20(21)24(29)33-9-3/h10-11,21,26H,7-9,12H2,1-6H3. The zero-order valence-electron chi connectivity index (χ0n) is 20.2. The SMILES string of the molecule is CCOC(=O)COc1c(Br)cc(C2C(C(=O)OCC)=C(C)NC(C)=C2C(=O)OCC)cc1OC. The monoisotopic (exact) mass is 539 g/mol. The number of allylic oxidation sites excluding steroid dienone is 2.